The first-order chi connectivity index (χ1) is 5.70. The van der Waals surface area contributed by atoms with Crippen molar-refractivity contribution in [3.63, 3.8) is 0 Å². The van der Waals surface area contributed by atoms with Crippen LogP contribution in [0.1, 0.15) is 33.6 Å². The predicted octanol–water partition coefficient (Wildman–Crippen LogP) is 2.54. The summed E-state index contributed by atoms with van der Waals surface area (Å²) < 4.78 is 4.73. The summed E-state index contributed by atoms with van der Waals surface area (Å²) in [5.41, 5.74) is 0. The molecule has 0 radical (unpaired) electrons. The monoisotopic (exact) mass is 170 g/mol. The van der Waals surface area contributed by atoms with Crippen molar-refractivity contribution < 1.29 is 9.53 Å². The molecule has 0 aliphatic carbocycles. The molecule has 0 aromatic heterocycles. The zero-order valence-electron chi connectivity index (χ0n) is 8.17. The molecule has 0 heterocycles. The Kier molecular flexibility index (Phi) is 6.44. The summed E-state index contributed by atoms with van der Waals surface area (Å²) in [5, 5.41) is 0. The second-order valence-electron chi connectivity index (χ2n) is 2.90. The fourth-order valence-corrected chi connectivity index (χ4v) is 0.754. The van der Waals surface area contributed by atoms with Gasteiger partial charge in [-0.3, -0.25) is 0 Å². The van der Waals surface area contributed by atoms with Crippen molar-refractivity contribution >= 4 is 5.97 Å². The SMILES string of the molecule is CCOC(=O)C=CC[C@H](C)CC. The largest absolute Gasteiger partial charge is 0.463 e. The van der Waals surface area contributed by atoms with Gasteiger partial charge in [0.1, 0.15) is 0 Å². The number of carbonyl (C=O) groups is 1. The van der Waals surface area contributed by atoms with Gasteiger partial charge in [-0.2, -0.15) is 0 Å². The van der Waals surface area contributed by atoms with E-state index in [4.69, 9.17) is 4.74 Å². The maximum atomic E-state index is 10.8. The first kappa shape index (κ1) is 11.2. The average Bonchev–Trinajstić information content (AvgIpc) is 2.04. The molecule has 1 atom stereocenters. The van der Waals surface area contributed by atoms with Crippen LogP contribution in [0.5, 0.6) is 0 Å². The lowest BCUT2D eigenvalue weighted by molar-refractivity contribution is -0.137. The Morgan fingerprint density at radius 1 is 1.50 bits per heavy atom. The molecule has 0 saturated heterocycles. The zero-order chi connectivity index (χ0) is 9.40. The van der Waals surface area contributed by atoms with Gasteiger partial charge in [0.15, 0.2) is 0 Å². The van der Waals surface area contributed by atoms with Gasteiger partial charge < -0.3 is 4.74 Å². The molecule has 0 aliphatic rings. The van der Waals surface area contributed by atoms with Crippen LogP contribution in [-0.4, -0.2) is 12.6 Å². The minimum Gasteiger partial charge on any atom is -0.463 e. The molecule has 2 heteroatoms. The van der Waals surface area contributed by atoms with E-state index in [0.29, 0.717) is 12.5 Å². The summed E-state index contributed by atoms with van der Waals surface area (Å²) in [6.07, 6.45) is 5.49. The number of rotatable bonds is 5. The summed E-state index contributed by atoms with van der Waals surface area (Å²) in [6, 6.07) is 0. The van der Waals surface area contributed by atoms with Crippen molar-refractivity contribution in [1.82, 2.24) is 0 Å². The average molecular weight is 170 g/mol. The minimum atomic E-state index is -0.235. The van der Waals surface area contributed by atoms with E-state index < -0.39 is 0 Å². The van der Waals surface area contributed by atoms with Crippen LogP contribution < -0.4 is 0 Å². The predicted molar refractivity (Wildman–Crippen MR) is 49.8 cm³/mol. The van der Waals surface area contributed by atoms with E-state index in [9.17, 15) is 4.79 Å². The van der Waals surface area contributed by atoms with E-state index >= 15 is 0 Å². The molecule has 0 spiro atoms. The van der Waals surface area contributed by atoms with Crippen molar-refractivity contribution in [3.8, 4) is 0 Å². The molecule has 0 aromatic rings. The standard InChI is InChI=1S/C10H18O2/c1-4-9(3)7-6-8-10(11)12-5-2/h6,8-9H,4-5,7H2,1-3H3/t9-/m1/s1. The smallest absolute Gasteiger partial charge is 0.330 e. The lowest BCUT2D eigenvalue weighted by atomic mass is 10.1. The van der Waals surface area contributed by atoms with Gasteiger partial charge in [0.25, 0.3) is 0 Å². The molecule has 0 aliphatic heterocycles. The Labute approximate surface area is 74.6 Å². The number of carbonyl (C=O) groups excluding carboxylic acids is 1. The van der Waals surface area contributed by atoms with Crippen molar-refractivity contribution in [3.05, 3.63) is 12.2 Å². The van der Waals surface area contributed by atoms with Crippen LogP contribution in [0.3, 0.4) is 0 Å². The molecule has 0 unspecified atom stereocenters. The van der Waals surface area contributed by atoms with Gasteiger partial charge in [-0.15, -0.1) is 0 Å². The van der Waals surface area contributed by atoms with Gasteiger partial charge in [0, 0.05) is 6.08 Å². The Morgan fingerprint density at radius 2 is 2.17 bits per heavy atom. The normalized spacial score (nSPS) is 13.2. The Hall–Kier alpha value is -0.790. The molecule has 12 heavy (non-hydrogen) atoms. The number of esters is 1. The lowest BCUT2D eigenvalue weighted by Crippen LogP contribution is -1.99. The maximum Gasteiger partial charge on any atom is 0.330 e. The van der Waals surface area contributed by atoms with Crippen LogP contribution in [0.15, 0.2) is 12.2 Å². The second-order valence-corrected chi connectivity index (χ2v) is 2.90. The van der Waals surface area contributed by atoms with E-state index in [1.165, 1.54) is 6.08 Å². The highest BCUT2D eigenvalue weighted by Crippen LogP contribution is 2.06. The third-order valence-electron chi connectivity index (χ3n) is 1.78. The number of hydrogen-bond donors (Lipinski definition) is 0. The van der Waals surface area contributed by atoms with Gasteiger partial charge in [-0.05, 0) is 19.3 Å². The van der Waals surface area contributed by atoms with E-state index in [1.807, 2.05) is 6.08 Å². The van der Waals surface area contributed by atoms with E-state index in [-0.39, 0.29) is 5.97 Å². The maximum absolute atomic E-state index is 10.8. The fourth-order valence-electron chi connectivity index (χ4n) is 0.754. The Bertz CT molecular complexity index is 150. The van der Waals surface area contributed by atoms with Crippen molar-refractivity contribution in [1.29, 1.82) is 0 Å². The van der Waals surface area contributed by atoms with Gasteiger partial charge >= 0.3 is 5.97 Å². The second kappa shape index (κ2) is 6.89. The van der Waals surface area contributed by atoms with Crippen LogP contribution in [-0.2, 0) is 9.53 Å². The summed E-state index contributed by atoms with van der Waals surface area (Å²) >= 11 is 0. The molecular weight excluding hydrogens is 152 g/mol. The van der Waals surface area contributed by atoms with Crippen LogP contribution in [0.2, 0.25) is 0 Å². The molecule has 2 nitrogen and oxygen atoms in total. The van der Waals surface area contributed by atoms with E-state index in [1.54, 1.807) is 6.92 Å². The first-order valence-corrected chi connectivity index (χ1v) is 4.54. The molecule has 0 saturated carbocycles. The van der Waals surface area contributed by atoms with Crippen molar-refractivity contribution in [2.75, 3.05) is 6.61 Å². The molecule has 0 rings (SSSR count). The van der Waals surface area contributed by atoms with Gasteiger partial charge in [-0.1, -0.05) is 26.3 Å². The van der Waals surface area contributed by atoms with Gasteiger partial charge in [0.2, 0.25) is 0 Å². The molecule has 0 fully saturated rings. The highest BCUT2D eigenvalue weighted by atomic mass is 16.5. The molecule has 0 N–H and O–H groups in total. The van der Waals surface area contributed by atoms with Crippen LogP contribution >= 0.6 is 0 Å². The molecule has 0 bridgehead atoms. The van der Waals surface area contributed by atoms with Gasteiger partial charge in [0.05, 0.1) is 6.61 Å². The minimum absolute atomic E-state index is 0.235. The van der Waals surface area contributed by atoms with E-state index in [0.717, 1.165) is 12.8 Å². The highest BCUT2D eigenvalue weighted by Gasteiger charge is 1.96. The quantitative estimate of drug-likeness (QED) is 0.468. The summed E-state index contributed by atoms with van der Waals surface area (Å²) in [4.78, 5) is 10.8. The summed E-state index contributed by atoms with van der Waals surface area (Å²) in [6.45, 7) is 6.56. The van der Waals surface area contributed by atoms with Crippen molar-refractivity contribution in [2.45, 2.75) is 33.6 Å². The fraction of sp³-hybridized carbons (Fsp3) is 0.700. The Morgan fingerprint density at radius 3 is 2.67 bits per heavy atom. The first-order valence-electron chi connectivity index (χ1n) is 4.54. The summed E-state index contributed by atoms with van der Waals surface area (Å²) in [7, 11) is 0. The summed E-state index contributed by atoms with van der Waals surface area (Å²) in [5.74, 6) is 0.413. The van der Waals surface area contributed by atoms with E-state index in [2.05, 4.69) is 13.8 Å². The third kappa shape index (κ3) is 5.96. The molecule has 0 amide bonds. The molecule has 0 aromatic carbocycles. The zero-order valence-corrected chi connectivity index (χ0v) is 8.17. The third-order valence-corrected chi connectivity index (χ3v) is 1.78. The van der Waals surface area contributed by atoms with Crippen LogP contribution in [0, 0.1) is 5.92 Å². The van der Waals surface area contributed by atoms with Crippen molar-refractivity contribution in [2.24, 2.45) is 5.92 Å². The molecule has 70 valence electrons. The highest BCUT2D eigenvalue weighted by molar-refractivity contribution is 5.81. The Balaban J connectivity index is 3.54. The number of hydrogen-bond acceptors (Lipinski definition) is 2. The molecular formula is C10H18O2. The van der Waals surface area contributed by atoms with Crippen LogP contribution in [0.25, 0.3) is 0 Å². The number of ether oxygens (including phenoxy) is 1. The lowest BCUT2D eigenvalue weighted by Gasteiger charge is -2.01. The van der Waals surface area contributed by atoms with Gasteiger partial charge in [-0.25, -0.2) is 4.79 Å². The topological polar surface area (TPSA) is 26.3 Å². The number of allylic oxidation sites excluding steroid dienone is 1. The van der Waals surface area contributed by atoms with Crippen LogP contribution in [0.4, 0.5) is 0 Å².